The van der Waals surface area contributed by atoms with Gasteiger partial charge >= 0.3 is 0 Å². The highest BCUT2D eigenvalue weighted by atomic mass is 16.5. The second kappa shape index (κ2) is 10.7. The average molecular weight is 395 g/mol. The summed E-state index contributed by atoms with van der Waals surface area (Å²) in [5.74, 6) is 1.88. The van der Waals surface area contributed by atoms with Crippen LogP contribution in [0.2, 0.25) is 0 Å². The number of likely N-dealkylation sites (tertiary alicyclic amines) is 1. The van der Waals surface area contributed by atoms with E-state index < -0.39 is 0 Å². The Labute approximate surface area is 172 Å². The third kappa shape index (κ3) is 6.09. The molecule has 0 atom stereocenters. The number of rotatable bonds is 8. The van der Waals surface area contributed by atoms with Gasteiger partial charge in [0, 0.05) is 25.8 Å². The van der Waals surface area contributed by atoms with Crippen LogP contribution in [0, 0.1) is 5.92 Å². The van der Waals surface area contributed by atoms with Crippen molar-refractivity contribution in [2.75, 3.05) is 33.9 Å². The summed E-state index contributed by atoms with van der Waals surface area (Å²) in [7, 11) is 3.21. The molecule has 0 unspecified atom stereocenters. The van der Waals surface area contributed by atoms with Crippen molar-refractivity contribution in [2.45, 2.75) is 19.4 Å². The molecule has 1 aliphatic rings. The van der Waals surface area contributed by atoms with Crippen molar-refractivity contribution in [3.63, 3.8) is 0 Å². The summed E-state index contributed by atoms with van der Waals surface area (Å²) in [6, 6.07) is 15.8. The number of piperidine rings is 1. The summed E-state index contributed by atoms with van der Waals surface area (Å²) >= 11 is 0. The van der Waals surface area contributed by atoms with E-state index in [2.05, 4.69) is 12.1 Å². The normalized spacial score (nSPS) is 14.9. The first-order chi connectivity index (χ1) is 14.2. The van der Waals surface area contributed by atoms with Gasteiger partial charge in [0.15, 0.2) is 11.5 Å². The first-order valence-electron chi connectivity index (χ1n) is 10.00. The van der Waals surface area contributed by atoms with Crippen molar-refractivity contribution >= 4 is 12.0 Å². The van der Waals surface area contributed by atoms with Crippen LogP contribution in [0.15, 0.2) is 54.6 Å². The summed E-state index contributed by atoms with van der Waals surface area (Å²) in [5.41, 5.74) is 2.10. The maximum absolute atomic E-state index is 12.5. The summed E-state index contributed by atoms with van der Waals surface area (Å²) < 4.78 is 16.4. The van der Waals surface area contributed by atoms with Crippen LogP contribution in [0.3, 0.4) is 0 Å². The third-order valence-corrected chi connectivity index (χ3v) is 5.22. The van der Waals surface area contributed by atoms with E-state index in [-0.39, 0.29) is 5.91 Å². The van der Waals surface area contributed by atoms with Gasteiger partial charge in [-0.1, -0.05) is 36.4 Å². The van der Waals surface area contributed by atoms with Crippen molar-refractivity contribution in [3.8, 4) is 11.5 Å². The lowest BCUT2D eigenvalue weighted by Crippen LogP contribution is -2.38. The first kappa shape index (κ1) is 20.9. The molecule has 2 aromatic carbocycles. The quantitative estimate of drug-likeness (QED) is 0.630. The van der Waals surface area contributed by atoms with Gasteiger partial charge in [-0.15, -0.1) is 0 Å². The van der Waals surface area contributed by atoms with Crippen LogP contribution in [0.1, 0.15) is 24.0 Å². The van der Waals surface area contributed by atoms with E-state index in [9.17, 15) is 4.79 Å². The van der Waals surface area contributed by atoms with Crippen molar-refractivity contribution in [3.05, 3.63) is 65.7 Å². The highest BCUT2D eigenvalue weighted by Crippen LogP contribution is 2.28. The monoisotopic (exact) mass is 395 g/mol. The van der Waals surface area contributed by atoms with Gasteiger partial charge < -0.3 is 19.1 Å². The van der Waals surface area contributed by atoms with Gasteiger partial charge in [-0.25, -0.2) is 0 Å². The van der Waals surface area contributed by atoms with Crippen LogP contribution < -0.4 is 9.47 Å². The molecule has 0 radical (unpaired) electrons. The smallest absolute Gasteiger partial charge is 0.246 e. The number of carbonyl (C=O) groups excluding carboxylic acids is 1. The van der Waals surface area contributed by atoms with Crippen LogP contribution >= 0.6 is 0 Å². The fourth-order valence-corrected chi connectivity index (χ4v) is 3.47. The number of ether oxygens (including phenoxy) is 3. The van der Waals surface area contributed by atoms with Gasteiger partial charge in [-0.3, -0.25) is 4.79 Å². The van der Waals surface area contributed by atoms with E-state index >= 15 is 0 Å². The van der Waals surface area contributed by atoms with Crippen molar-refractivity contribution in [1.29, 1.82) is 0 Å². The molecule has 1 saturated heterocycles. The fraction of sp³-hybridized carbons (Fsp3) is 0.375. The third-order valence-electron chi connectivity index (χ3n) is 5.22. The molecule has 29 heavy (non-hydrogen) atoms. The molecule has 1 aliphatic heterocycles. The molecule has 2 aromatic rings. The standard InChI is InChI=1S/C24H29NO4/c1-27-22-10-8-19(16-23(22)28-2)9-11-24(26)25-14-12-21(13-15-25)18-29-17-20-6-4-3-5-7-20/h3-11,16,21H,12-15,17-18H2,1-2H3/b11-9+. The Balaban J connectivity index is 1.43. The Hall–Kier alpha value is -2.79. The van der Waals surface area contributed by atoms with Gasteiger partial charge in [0.2, 0.25) is 5.91 Å². The van der Waals surface area contributed by atoms with Crippen LogP contribution in [-0.2, 0) is 16.1 Å². The van der Waals surface area contributed by atoms with Gasteiger partial charge in [0.05, 0.1) is 20.8 Å². The zero-order valence-corrected chi connectivity index (χ0v) is 17.2. The lowest BCUT2D eigenvalue weighted by atomic mass is 9.97. The van der Waals surface area contributed by atoms with Crippen molar-refractivity contribution in [1.82, 2.24) is 4.90 Å². The largest absolute Gasteiger partial charge is 0.493 e. The summed E-state index contributed by atoms with van der Waals surface area (Å²) in [6.07, 6.45) is 5.41. The molecular formula is C24H29NO4. The highest BCUT2D eigenvalue weighted by Gasteiger charge is 2.21. The molecule has 0 N–H and O–H groups in total. The predicted molar refractivity (Wildman–Crippen MR) is 114 cm³/mol. The zero-order valence-electron chi connectivity index (χ0n) is 17.2. The SMILES string of the molecule is COc1ccc(/C=C/C(=O)N2CCC(COCc3ccccc3)CC2)cc1OC. The van der Waals surface area contributed by atoms with Crippen LogP contribution in [0.4, 0.5) is 0 Å². The van der Waals surface area contributed by atoms with E-state index in [0.717, 1.165) is 38.1 Å². The van der Waals surface area contributed by atoms with Crippen molar-refractivity contribution < 1.29 is 19.0 Å². The molecule has 0 aromatic heterocycles. The molecule has 0 spiro atoms. The van der Waals surface area contributed by atoms with Gasteiger partial charge in [-0.05, 0) is 48.1 Å². The lowest BCUT2D eigenvalue weighted by Gasteiger charge is -2.31. The minimum Gasteiger partial charge on any atom is -0.493 e. The first-order valence-corrected chi connectivity index (χ1v) is 10.00. The highest BCUT2D eigenvalue weighted by molar-refractivity contribution is 5.91. The Morgan fingerprint density at radius 1 is 1.03 bits per heavy atom. The Morgan fingerprint density at radius 3 is 2.45 bits per heavy atom. The summed E-state index contributed by atoms with van der Waals surface area (Å²) in [6.45, 7) is 2.94. The van der Waals surface area contributed by atoms with Crippen LogP contribution in [0.5, 0.6) is 11.5 Å². The molecule has 1 heterocycles. The second-order valence-electron chi connectivity index (χ2n) is 7.22. The molecule has 0 saturated carbocycles. The predicted octanol–water partition coefficient (Wildman–Crippen LogP) is 4.17. The minimum atomic E-state index is 0.0449. The number of methoxy groups -OCH3 is 2. The van der Waals surface area contributed by atoms with Crippen LogP contribution in [0.25, 0.3) is 6.08 Å². The van der Waals surface area contributed by atoms with Crippen LogP contribution in [-0.4, -0.2) is 44.7 Å². The number of carbonyl (C=O) groups is 1. The topological polar surface area (TPSA) is 48.0 Å². The molecule has 5 heteroatoms. The molecular weight excluding hydrogens is 366 g/mol. The summed E-state index contributed by atoms with van der Waals surface area (Å²) in [5, 5.41) is 0. The Kier molecular flexibility index (Phi) is 7.70. The fourth-order valence-electron chi connectivity index (χ4n) is 3.47. The molecule has 0 bridgehead atoms. The van der Waals surface area contributed by atoms with E-state index in [1.807, 2.05) is 47.4 Å². The van der Waals surface area contributed by atoms with E-state index in [1.54, 1.807) is 20.3 Å². The van der Waals surface area contributed by atoms with E-state index in [4.69, 9.17) is 14.2 Å². The molecule has 3 rings (SSSR count). The minimum absolute atomic E-state index is 0.0449. The molecule has 1 fully saturated rings. The average Bonchev–Trinajstić information content (AvgIpc) is 2.78. The Bertz CT molecular complexity index is 811. The van der Waals surface area contributed by atoms with Gasteiger partial charge in [0.25, 0.3) is 0 Å². The molecule has 1 amide bonds. The van der Waals surface area contributed by atoms with Gasteiger partial charge in [0.1, 0.15) is 0 Å². The number of amides is 1. The molecule has 5 nitrogen and oxygen atoms in total. The van der Waals surface area contributed by atoms with Crippen molar-refractivity contribution in [2.24, 2.45) is 5.92 Å². The number of nitrogens with zero attached hydrogens (tertiary/aromatic N) is 1. The maximum atomic E-state index is 12.5. The van der Waals surface area contributed by atoms with E-state index in [1.165, 1.54) is 5.56 Å². The van der Waals surface area contributed by atoms with Gasteiger partial charge in [-0.2, -0.15) is 0 Å². The molecule has 0 aliphatic carbocycles. The number of hydrogen-bond donors (Lipinski definition) is 0. The number of hydrogen-bond acceptors (Lipinski definition) is 4. The second-order valence-corrected chi connectivity index (χ2v) is 7.22. The Morgan fingerprint density at radius 2 is 1.76 bits per heavy atom. The summed E-state index contributed by atoms with van der Waals surface area (Å²) in [4.78, 5) is 14.4. The maximum Gasteiger partial charge on any atom is 0.246 e. The zero-order chi connectivity index (χ0) is 20.5. The molecule has 154 valence electrons. The van der Waals surface area contributed by atoms with E-state index in [0.29, 0.717) is 24.0 Å². The lowest BCUT2D eigenvalue weighted by molar-refractivity contribution is -0.127. The number of benzene rings is 2.